The van der Waals surface area contributed by atoms with E-state index in [1.54, 1.807) is 52.3 Å². The van der Waals surface area contributed by atoms with E-state index >= 15 is 0 Å². The first-order chi connectivity index (χ1) is 14.1. The molecule has 0 spiro atoms. The Kier molecular flexibility index (Phi) is 5.17. The molecule has 2 fully saturated rings. The molecule has 29 heavy (non-hydrogen) atoms. The minimum absolute atomic E-state index is 0.0253. The SMILES string of the molecule is N#Cc1ccc(N2CC(C(=O)N3CCN(c4ccccc4F)CC3)CC2=O)cc1. The van der Waals surface area contributed by atoms with Gasteiger partial charge in [0.15, 0.2) is 0 Å². The maximum atomic E-state index is 14.0. The van der Waals surface area contributed by atoms with Crippen molar-refractivity contribution in [2.45, 2.75) is 6.42 Å². The van der Waals surface area contributed by atoms with Crippen LogP contribution in [0.25, 0.3) is 0 Å². The van der Waals surface area contributed by atoms with Crippen LogP contribution in [-0.4, -0.2) is 49.4 Å². The van der Waals surface area contributed by atoms with Gasteiger partial charge < -0.3 is 14.7 Å². The molecule has 148 valence electrons. The third-order valence-corrected chi connectivity index (χ3v) is 5.57. The normalized spacial score (nSPS) is 19.4. The number of anilines is 2. The van der Waals surface area contributed by atoms with Gasteiger partial charge in [0, 0.05) is 44.8 Å². The summed E-state index contributed by atoms with van der Waals surface area (Å²) in [7, 11) is 0. The number of hydrogen-bond acceptors (Lipinski definition) is 4. The Balaban J connectivity index is 1.37. The van der Waals surface area contributed by atoms with Crippen molar-refractivity contribution in [3.8, 4) is 6.07 Å². The van der Waals surface area contributed by atoms with E-state index in [2.05, 4.69) is 6.07 Å². The summed E-state index contributed by atoms with van der Waals surface area (Å²) in [5, 5.41) is 8.91. The molecule has 1 atom stereocenters. The highest BCUT2D eigenvalue weighted by Crippen LogP contribution is 2.27. The van der Waals surface area contributed by atoms with Crippen LogP contribution < -0.4 is 9.80 Å². The number of para-hydroxylation sites is 1. The monoisotopic (exact) mass is 392 g/mol. The Morgan fingerprint density at radius 1 is 1.03 bits per heavy atom. The number of nitrogens with zero attached hydrogens (tertiary/aromatic N) is 4. The quantitative estimate of drug-likeness (QED) is 0.805. The lowest BCUT2D eigenvalue weighted by molar-refractivity contribution is -0.136. The van der Waals surface area contributed by atoms with Crippen LogP contribution in [0.3, 0.4) is 0 Å². The third-order valence-electron chi connectivity index (χ3n) is 5.57. The average molecular weight is 392 g/mol. The molecular weight excluding hydrogens is 371 g/mol. The smallest absolute Gasteiger partial charge is 0.228 e. The van der Waals surface area contributed by atoms with E-state index in [1.807, 2.05) is 4.90 Å². The van der Waals surface area contributed by atoms with Crippen molar-refractivity contribution in [2.24, 2.45) is 5.92 Å². The standard InChI is InChI=1S/C22H21FN4O2/c23-19-3-1-2-4-20(19)25-9-11-26(12-10-25)22(29)17-13-21(28)27(15-17)18-7-5-16(14-24)6-8-18/h1-8,17H,9-13,15H2. The molecule has 1 unspecified atom stereocenters. The Bertz CT molecular complexity index is 962. The number of piperazine rings is 1. The van der Waals surface area contributed by atoms with E-state index in [4.69, 9.17) is 5.26 Å². The van der Waals surface area contributed by atoms with Crippen LogP contribution in [0.1, 0.15) is 12.0 Å². The van der Waals surface area contributed by atoms with Gasteiger partial charge in [0.2, 0.25) is 11.8 Å². The molecule has 0 aliphatic carbocycles. The first-order valence-corrected chi connectivity index (χ1v) is 9.65. The molecule has 0 bridgehead atoms. The Hall–Kier alpha value is -3.40. The Morgan fingerprint density at radius 3 is 2.38 bits per heavy atom. The largest absolute Gasteiger partial charge is 0.366 e. The van der Waals surface area contributed by atoms with Crippen LogP contribution in [-0.2, 0) is 9.59 Å². The lowest BCUT2D eigenvalue weighted by Gasteiger charge is -2.37. The fourth-order valence-electron chi connectivity index (χ4n) is 3.97. The predicted octanol–water partition coefficient (Wildman–Crippen LogP) is 2.40. The van der Waals surface area contributed by atoms with Gasteiger partial charge in [-0.15, -0.1) is 0 Å². The van der Waals surface area contributed by atoms with E-state index in [-0.39, 0.29) is 30.0 Å². The van der Waals surface area contributed by atoms with Crippen LogP contribution in [0.5, 0.6) is 0 Å². The molecule has 0 N–H and O–H groups in total. The van der Waals surface area contributed by atoms with Crippen LogP contribution in [0, 0.1) is 23.1 Å². The lowest BCUT2D eigenvalue weighted by Crippen LogP contribution is -2.51. The molecule has 0 radical (unpaired) electrons. The summed E-state index contributed by atoms with van der Waals surface area (Å²) >= 11 is 0. The fraction of sp³-hybridized carbons (Fsp3) is 0.318. The summed E-state index contributed by atoms with van der Waals surface area (Å²) in [6.07, 6.45) is 0.187. The summed E-state index contributed by atoms with van der Waals surface area (Å²) < 4.78 is 14.0. The molecule has 6 nitrogen and oxygen atoms in total. The van der Waals surface area contributed by atoms with Gasteiger partial charge in [-0.1, -0.05) is 12.1 Å². The second kappa shape index (κ2) is 7.92. The fourth-order valence-corrected chi connectivity index (χ4v) is 3.97. The van der Waals surface area contributed by atoms with E-state index in [0.29, 0.717) is 49.7 Å². The third kappa shape index (κ3) is 3.79. The number of halogens is 1. The maximum absolute atomic E-state index is 14.0. The van der Waals surface area contributed by atoms with Gasteiger partial charge in [-0.05, 0) is 36.4 Å². The number of benzene rings is 2. The average Bonchev–Trinajstić information content (AvgIpc) is 3.15. The van der Waals surface area contributed by atoms with Crippen LogP contribution in [0.4, 0.5) is 15.8 Å². The number of rotatable bonds is 3. The van der Waals surface area contributed by atoms with Crippen LogP contribution in [0.15, 0.2) is 48.5 Å². The minimum atomic E-state index is -0.377. The van der Waals surface area contributed by atoms with Crippen molar-refractivity contribution in [3.05, 3.63) is 59.9 Å². The number of carbonyl (C=O) groups is 2. The number of amides is 2. The molecule has 2 aromatic rings. The minimum Gasteiger partial charge on any atom is -0.366 e. The van der Waals surface area contributed by atoms with Gasteiger partial charge in [-0.2, -0.15) is 5.26 Å². The van der Waals surface area contributed by atoms with Crippen molar-refractivity contribution >= 4 is 23.2 Å². The number of hydrogen-bond donors (Lipinski definition) is 0. The second-order valence-electron chi connectivity index (χ2n) is 7.33. The van der Waals surface area contributed by atoms with Gasteiger partial charge in [-0.25, -0.2) is 4.39 Å². The van der Waals surface area contributed by atoms with Gasteiger partial charge in [0.1, 0.15) is 5.82 Å². The molecule has 2 amide bonds. The van der Waals surface area contributed by atoms with E-state index in [1.165, 1.54) is 6.07 Å². The molecule has 2 aliphatic rings. The predicted molar refractivity (Wildman–Crippen MR) is 107 cm³/mol. The molecule has 2 saturated heterocycles. The van der Waals surface area contributed by atoms with E-state index < -0.39 is 0 Å². The molecule has 7 heteroatoms. The van der Waals surface area contributed by atoms with E-state index in [9.17, 15) is 14.0 Å². The van der Waals surface area contributed by atoms with Crippen LogP contribution >= 0.6 is 0 Å². The van der Waals surface area contributed by atoms with Gasteiger partial charge >= 0.3 is 0 Å². The topological polar surface area (TPSA) is 67.7 Å². The molecule has 2 aliphatic heterocycles. The maximum Gasteiger partial charge on any atom is 0.228 e. The summed E-state index contributed by atoms with van der Waals surface area (Å²) in [6, 6.07) is 15.5. The summed E-state index contributed by atoms with van der Waals surface area (Å²) in [5.74, 6) is -0.745. The zero-order valence-electron chi connectivity index (χ0n) is 15.9. The lowest BCUT2D eigenvalue weighted by atomic mass is 10.1. The first kappa shape index (κ1) is 18.9. The van der Waals surface area contributed by atoms with Gasteiger partial charge in [0.25, 0.3) is 0 Å². The molecular formula is C22H21FN4O2. The zero-order valence-corrected chi connectivity index (χ0v) is 15.9. The molecule has 4 rings (SSSR count). The Morgan fingerprint density at radius 2 is 1.72 bits per heavy atom. The van der Waals surface area contributed by atoms with Gasteiger partial charge in [0.05, 0.1) is 23.2 Å². The summed E-state index contributed by atoms with van der Waals surface area (Å²) in [5.41, 5.74) is 1.79. The summed E-state index contributed by atoms with van der Waals surface area (Å²) in [6.45, 7) is 2.49. The molecule has 2 aromatic carbocycles. The first-order valence-electron chi connectivity index (χ1n) is 9.65. The highest BCUT2D eigenvalue weighted by molar-refractivity contribution is 6.00. The van der Waals surface area contributed by atoms with Crippen molar-refractivity contribution < 1.29 is 14.0 Å². The summed E-state index contributed by atoms with van der Waals surface area (Å²) in [4.78, 5) is 30.7. The van der Waals surface area contributed by atoms with Crippen molar-refractivity contribution in [3.63, 3.8) is 0 Å². The highest BCUT2D eigenvalue weighted by atomic mass is 19.1. The van der Waals surface area contributed by atoms with Gasteiger partial charge in [-0.3, -0.25) is 9.59 Å². The number of carbonyl (C=O) groups excluding carboxylic acids is 2. The number of nitriles is 1. The molecule has 2 heterocycles. The Labute approximate surface area is 168 Å². The second-order valence-corrected chi connectivity index (χ2v) is 7.33. The van der Waals surface area contributed by atoms with Crippen molar-refractivity contribution in [1.29, 1.82) is 5.26 Å². The van der Waals surface area contributed by atoms with Crippen LogP contribution in [0.2, 0.25) is 0 Å². The van der Waals surface area contributed by atoms with Crippen molar-refractivity contribution in [2.75, 3.05) is 42.5 Å². The molecule has 0 aromatic heterocycles. The van der Waals surface area contributed by atoms with Crippen molar-refractivity contribution in [1.82, 2.24) is 4.90 Å². The zero-order chi connectivity index (χ0) is 20.4. The molecule has 0 saturated carbocycles. The highest BCUT2D eigenvalue weighted by Gasteiger charge is 2.38. The van der Waals surface area contributed by atoms with E-state index in [0.717, 1.165) is 0 Å².